The molecule has 0 aromatic carbocycles. The van der Waals surface area contributed by atoms with Crippen molar-refractivity contribution in [2.45, 2.75) is 13.8 Å². The number of likely N-dealkylation sites (N-methyl/N-ethyl adjacent to an activating group) is 1. The van der Waals surface area contributed by atoms with Crippen LogP contribution in [0.25, 0.3) is 0 Å². The largest absolute Gasteiger partial charge is 0.395 e. The average Bonchev–Trinajstić information content (AvgIpc) is 2.13. The van der Waals surface area contributed by atoms with Crippen LogP contribution in [-0.2, 0) is 32.7 Å². The molecule has 0 aromatic heterocycles. The minimum atomic E-state index is 0. The third-order valence-electron chi connectivity index (χ3n) is 2.01. The Morgan fingerprint density at radius 1 is 1.08 bits per heavy atom. The minimum absolute atomic E-state index is 0. The Kier molecular flexibility index (Phi) is 14.0. The number of piperazine rings is 1. The standard InChI is InChI=1S/C7H16N2O.C2H6.Y/c1-8-2-4-9(5-3-8)6-7-10;1-2;/h10H,2-7H2,1H3;1-2H3;. The number of aliphatic hydroxyl groups excluding tert-OH is 1. The second kappa shape index (κ2) is 11.1. The van der Waals surface area contributed by atoms with Crippen molar-refractivity contribution in [2.24, 2.45) is 0 Å². The quantitative estimate of drug-likeness (QED) is 0.773. The summed E-state index contributed by atoms with van der Waals surface area (Å²) >= 11 is 0. The molecule has 0 spiro atoms. The maximum absolute atomic E-state index is 8.63. The van der Waals surface area contributed by atoms with E-state index in [1.165, 1.54) is 0 Å². The van der Waals surface area contributed by atoms with Gasteiger partial charge < -0.3 is 10.0 Å². The first kappa shape index (κ1) is 16.4. The van der Waals surface area contributed by atoms with Crippen LogP contribution in [0.2, 0.25) is 0 Å². The smallest absolute Gasteiger partial charge is 0.0558 e. The molecular weight excluding hydrogens is 241 g/mol. The first-order chi connectivity index (χ1) is 5.83. The monoisotopic (exact) mass is 263 g/mol. The Morgan fingerprint density at radius 3 is 1.92 bits per heavy atom. The van der Waals surface area contributed by atoms with Crippen LogP contribution in [-0.4, -0.2) is 61.3 Å². The molecule has 1 rings (SSSR count). The Morgan fingerprint density at radius 2 is 1.54 bits per heavy atom. The Labute approximate surface area is 107 Å². The Bertz CT molecular complexity index is 95.6. The number of hydrogen-bond acceptors (Lipinski definition) is 3. The zero-order chi connectivity index (χ0) is 9.40. The van der Waals surface area contributed by atoms with Gasteiger partial charge in [-0.2, -0.15) is 0 Å². The van der Waals surface area contributed by atoms with Gasteiger partial charge in [0.15, 0.2) is 0 Å². The van der Waals surface area contributed by atoms with Gasteiger partial charge in [0, 0.05) is 65.4 Å². The molecule has 1 heterocycles. The van der Waals surface area contributed by atoms with Crippen LogP contribution in [0.5, 0.6) is 0 Å². The molecule has 0 aromatic rings. The van der Waals surface area contributed by atoms with E-state index in [4.69, 9.17) is 5.11 Å². The third-order valence-corrected chi connectivity index (χ3v) is 2.01. The summed E-state index contributed by atoms with van der Waals surface area (Å²) in [6, 6.07) is 0. The van der Waals surface area contributed by atoms with Crippen LogP contribution < -0.4 is 0 Å². The number of nitrogens with zero attached hydrogens (tertiary/aromatic N) is 2. The summed E-state index contributed by atoms with van der Waals surface area (Å²) < 4.78 is 0. The zero-order valence-corrected chi connectivity index (χ0v) is 12.0. The summed E-state index contributed by atoms with van der Waals surface area (Å²) in [5.74, 6) is 0. The summed E-state index contributed by atoms with van der Waals surface area (Å²) in [7, 11) is 2.14. The van der Waals surface area contributed by atoms with E-state index in [1.54, 1.807) is 0 Å². The summed E-state index contributed by atoms with van der Waals surface area (Å²) in [4.78, 5) is 4.61. The average molecular weight is 263 g/mol. The second-order valence-corrected chi connectivity index (χ2v) is 2.87. The van der Waals surface area contributed by atoms with Gasteiger partial charge in [-0.3, -0.25) is 4.90 Å². The fraction of sp³-hybridized carbons (Fsp3) is 1.00. The van der Waals surface area contributed by atoms with E-state index < -0.39 is 0 Å². The molecule has 0 saturated carbocycles. The van der Waals surface area contributed by atoms with E-state index in [0.29, 0.717) is 6.61 Å². The van der Waals surface area contributed by atoms with E-state index in [2.05, 4.69) is 16.8 Å². The van der Waals surface area contributed by atoms with Gasteiger partial charge in [0.2, 0.25) is 0 Å². The summed E-state index contributed by atoms with van der Waals surface area (Å²) in [5, 5.41) is 8.63. The van der Waals surface area contributed by atoms with Crippen LogP contribution in [0.15, 0.2) is 0 Å². The molecule has 1 aliphatic rings. The molecule has 1 aliphatic heterocycles. The minimum Gasteiger partial charge on any atom is -0.395 e. The van der Waals surface area contributed by atoms with Gasteiger partial charge in [0.05, 0.1) is 6.61 Å². The van der Waals surface area contributed by atoms with E-state index in [-0.39, 0.29) is 32.7 Å². The predicted octanol–water partition coefficient (Wildman–Crippen LogP) is 0.250. The summed E-state index contributed by atoms with van der Waals surface area (Å²) in [5.41, 5.74) is 0. The molecule has 1 saturated heterocycles. The van der Waals surface area contributed by atoms with E-state index in [9.17, 15) is 0 Å². The molecule has 0 bridgehead atoms. The van der Waals surface area contributed by atoms with Gasteiger partial charge in [-0.15, -0.1) is 0 Å². The molecular formula is C9H22N2OY. The molecule has 4 heteroatoms. The predicted molar refractivity (Wildman–Crippen MR) is 52.4 cm³/mol. The molecule has 0 amide bonds. The normalized spacial score (nSPS) is 18.5. The van der Waals surface area contributed by atoms with Crippen LogP contribution in [0, 0.1) is 0 Å². The van der Waals surface area contributed by atoms with Crippen LogP contribution in [0.4, 0.5) is 0 Å². The molecule has 0 aliphatic carbocycles. The first-order valence-electron chi connectivity index (χ1n) is 4.84. The van der Waals surface area contributed by atoms with Gasteiger partial charge in [-0.1, -0.05) is 13.8 Å². The topological polar surface area (TPSA) is 26.7 Å². The molecule has 0 atom stereocenters. The van der Waals surface area contributed by atoms with Crippen molar-refractivity contribution in [3.63, 3.8) is 0 Å². The van der Waals surface area contributed by atoms with Crippen molar-refractivity contribution < 1.29 is 37.8 Å². The van der Waals surface area contributed by atoms with E-state index >= 15 is 0 Å². The number of rotatable bonds is 2. The third kappa shape index (κ3) is 8.01. The molecule has 1 fully saturated rings. The SMILES string of the molecule is CC.CN1CCN(CCO)CC1.[Y]. The van der Waals surface area contributed by atoms with Crippen molar-refractivity contribution in [1.82, 2.24) is 9.80 Å². The number of aliphatic hydroxyl groups is 1. The van der Waals surface area contributed by atoms with Crippen molar-refractivity contribution >= 4 is 0 Å². The fourth-order valence-corrected chi connectivity index (χ4v) is 1.21. The summed E-state index contributed by atoms with van der Waals surface area (Å²) in [6.45, 7) is 9.63. The summed E-state index contributed by atoms with van der Waals surface area (Å²) in [6.07, 6.45) is 0. The Hall–Kier alpha value is 0.984. The first-order valence-corrected chi connectivity index (χ1v) is 4.84. The van der Waals surface area contributed by atoms with Gasteiger partial charge >= 0.3 is 0 Å². The molecule has 3 nitrogen and oxygen atoms in total. The van der Waals surface area contributed by atoms with Gasteiger partial charge in [0.25, 0.3) is 0 Å². The second-order valence-electron chi connectivity index (χ2n) is 2.87. The molecule has 1 N–H and O–H groups in total. The fourth-order valence-electron chi connectivity index (χ4n) is 1.21. The van der Waals surface area contributed by atoms with Gasteiger partial charge in [-0.05, 0) is 7.05 Å². The van der Waals surface area contributed by atoms with Crippen molar-refractivity contribution in [3.05, 3.63) is 0 Å². The van der Waals surface area contributed by atoms with Crippen molar-refractivity contribution in [1.29, 1.82) is 0 Å². The number of β-amino-alcohol motifs (C(OH)–C–C–N with tert-alkyl or cyclic N) is 1. The van der Waals surface area contributed by atoms with E-state index in [0.717, 1.165) is 32.7 Å². The van der Waals surface area contributed by atoms with E-state index in [1.807, 2.05) is 13.8 Å². The van der Waals surface area contributed by atoms with Crippen LogP contribution in [0.1, 0.15) is 13.8 Å². The van der Waals surface area contributed by atoms with Crippen LogP contribution >= 0.6 is 0 Å². The van der Waals surface area contributed by atoms with Crippen molar-refractivity contribution in [2.75, 3.05) is 46.4 Å². The molecule has 1 radical (unpaired) electrons. The van der Waals surface area contributed by atoms with Crippen LogP contribution in [0.3, 0.4) is 0 Å². The molecule has 77 valence electrons. The molecule has 0 unspecified atom stereocenters. The van der Waals surface area contributed by atoms with Crippen molar-refractivity contribution in [3.8, 4) is 0 Å². The Balaban J connectivity index is 0. The maximum Gasteiger partial charge on any atom is 0.0558 e. The van der Waals surface area contributed by atoms with Gasteiger partial charge in [-0.25, -0.2) is 0 Å². The molecule has 13 heavy (non-hydrogen) atoms. The maximum atomic E-state index is 8.63. The zero-order valence-electron chi connectivity index (χ0n) is 9.16. The van der Waals surface area contributed by atoms with Gasteiger partial charge in [0.1, 0.15) is 0 Å². The number of hydrogen-bond donors (Lipinski definition) is 1.